The first-order valence-corrected chi connectivity index (χ1v) is 6.28. The molecule has 0 spiro atoms. The fraction of sp³-hybridized carbons (Fsp3) is 0.750. The second-order valence-corrected chi connectivity index (χ2v) is 5.71. The first kappa shape index (κ1) is 13.0. The summed E-state index contributed by atoms with van der Waals surface area (Å²) in [6.07, 6.45) is 2.00. The Morgan fingerprint density at radius 1 is 1.50 bits per heavy atom. The van der Waals surface area contributed by atoms with Crippen LogP contribution in [-0.2, 0) is 5.41 Å². The second-order valence-electron chi connectivity index (χ2n) is 5.71. The van der Waals surface area contributed by atoms with Gasteiger partial charge < -0.3 is 10.0 Å². The van der Waals surface area contributed by atoms with E-state index in [1.165, 1.54) is 0 Å². The van der Waals surface area contributed by atoms with Crippen LogP contribution in [0, 0.1) is 0 Å². The van der Waals surface area contributed by atoms with Crippen molar-refractivity contribution >= 4 is 5.91 Å². The minimum atomic E-state index is -0.196. The third kappa shape index (κ3) is 2.69. The zero-order valence-electron chi connectivity index (χ0n) is 11.1. The molecule has 1 aliphatic carbocycles. The summed E-state index contributed by atoms with van der Waals surface area (Å²) in [5.41, 5.74) is -0.160. The fourth-order valence-corrected chi connectivity index (χ4v) is 1.77. The topological polar surface area (TPSA) is 82.1 Å². The number of H-pyrrole nitrogens is 1. The summed E-state index contributed by atoms with van der Waals surface area (Å²) in [5.74, 6) is 0.698. The number of aromatic nitrogens is 3. The normalized spacial score (nSPS) is 15.8. The van der Waals surface area contributed by atoms with E-state index in [9.17, 15) is 4.79 Å². The average molecular weight is 252 g/mol. The van der Waals surface area contributed by atoms with Gasteiger partial charge in [-0.05, 0) is 12.8 Å². The molecule has 0 bridgehead atoms. The van der Waals surface area contributed by atoms with E-state index in [4.69, 9.17) is 5.11 Å². The van der Waals surface area contributed by atoms with Crippen molar-refractivity contribution < 1.29 is 9.90 Å². The van der Waals surface area contributed by atoms with Gasteiger partial charge in [-0.15, -0.1) is 5.10 Å². The Hall–Kier alpha value is -1.43. The molecule has 0 radical (unpaired) electrons. The lowest BCUT2D eigenvalue weighted by Gasteiger charge is -2.19. The standard InChI is InChI=1S/C12H20N4O2/c1-12(2,3)11-13-9(14-15-11)10(18)16(6-7-17)8-4-5-8/h8,17H,4-7H2,1-3H3,(H,13,14,15). The highest BCUT2D eigenvalue weighted by molar-refractivity contribution is 5.90. The van der Waals surface area contributed by atoms with Gasteiger partial charge in [0.15, 0.2) is 0 Å². The van der Waals surface area contributed by atoms with Crippen molar-refractivity contribution in [2.24, 2.45) is 0 Å². The van der Waals surface area contributed by atoms with Crippen LogP contribution in [0.25, 0.3) is 0 Å². The molecule has 0 unspecified atom stereocenters. The van der Waals surface area contributed by atoms with Crippen LogP contribution in [0.4, 0.5) is 0 Å². The zero-order chi connectivity index (χ0) is 13.3. The monoisotopic (exact) mass is 252 g/mol. The summed E-state index contributed by atoms with van der Waals surface area (Å²) in [7, 11) is 0. The predicted octanol–water partition coefficient (Wildman–Crippen LogP) is 0.699. The lowest BCUT2D eigenvalue weighted by atomic mass is 9.96. The molecule has 0 atom stereocenters. The van der Waals surface area contributed by atoms with Gasteiger partial charge >= 0.3 is 0 Å². The molecule has 0 saturated heterocycles. The number of carbonyl (C=O) groups excluding carboxylic acids is 1. The largest absolute Gasteiger partial charge is 0.395 e. The van der Waals surface area contributed by atoms with Crippen LogP contribution in [0.15, 0.2) is 0 Å². The molecule has 6 nitrogen and oxygen atoms in total. The van der Waals surface area contributed by atoms with Gasteiger partial charge in [0.2, 0.25) is 5.82 Å². The van der Waals surface area contributed by atoms with E-state index in [0.717, 1.165) is 12.8 Å². The smallest absolute Gasteiger partial charge is 0.293 e. The number of aromatic amines is 1. The number of aliphatic hydroxyl groups excluding tert-OH is 1. The van der Waals surface area contributed by atoms with Crippen molar-refractivity contribution in [3.63, 3.8) is 0 Å². The predicted molar refractivity (Wildman–Crippen MR) is 66.2 cm³/mol. The van der Waals surface area contributed by atoms with Crippen LogP contribution in [0.1, 0.15) is 50.1 Å². The van der Waals surface area contributed by atoms with Crippen molar-refractivity contribution in [3.8, 4) is 0 Å². The van der Waals surface area contributed by atoms with Gasteiger partial charge in [-0.25, -0.2) is 4.98 Å². The summed E-state index contributed by atoms with van der Waals surface area (Å²) >= 11 is 0. The number of hydrogen-bond donors (Lipinski definition) is 2. The summed E-state index contributed by atoms with van der Waals surface area (Å²) in [6.45, 7) is 6.35. The summed E-state index contributed by atoms with van der Waals surface area (Å²) in [4.78, 5) is 18.1. The maximum atomic E-state index is 12.2. The van der Waals surface area contributed by atoms with Crippen LogP contribution in [0.3, 0.4) is 0 Å². The van der Waals surface area contributed by atoms with Crippen molar-refractivity contribution in [1.82, 2.24) is 20.1 Å². The zero-order valence-corrected chi connectivity index (χ0v) is 11.1. The molecule has 2 rings (SSSR count). The Kier molecular flexibility index (Phi) is 3.38. The summed E-state index contributed by atoms with van der Waals surface area (Å²) < 4.78 is 0. The van der Waals surface area contributed by atoms with Gasteiger partial charge in [-0.1, -0.05) is 20.8 Å². The van der Waals surface area contributed by atoms with Gasteiger partial charge in [0, 0.05) is 18.0 Å². The Labute approximate surface area is 106 Å². The van der Waals surface area contributed by atoms with E-state index in [-0.39, 0.29) is 29.8 Å². The molecule has 1 aliphatic rings. The first-order valence-electron chi connectivity index (χ1n) is 6.28. The third-order valence-electron chi connectivity index (χ3n) is 2.98. The molecule has 1 amide bonds. The average Bonchev–Trinajstić information content (AvgIpc) is 2.99. The molecular weight excluding hydrogens is 232 g/mol. The molecule has 100 valence electrons. The number of nitrogens with zero attached hydrogens (tertiary/aromatic N) is 3. The van der Waals surface area contributed by atoms with E-state index in [2.05, 4.69) is 15.2 Å². The third-order valence-corrected chi connectivity index (χ3v) is 2.98. The highest BCUT2D eigenvalue weighted by Crippen LogP contribution is 2.27. The maximum absolute atomic E-state index is 12.2. The Morgan fingerprint density at radius 3 is 2.61 bits per heavy atom. The maximum Gasteiger partial charge on any atom is 0.293 e. The summed E-state index contributed by atoms with van der Waals surface area (Å²) in [5, 5.41) is 15.8. The number of carbonyl (C=O) groups is 1. The van der Waals surface area contributed by atoms with Crippen molar-refractivity contribution in [3.05, 3.63) is 11.6 Å². The fourth-order valence-electron chi connectivity index (χ4n) is 1.77. The first-order chi connectivity index (χ1) is 8.43. The van der Waals surface area contributed by atoms with Crippen LogP contribution in [0.2, 0.25) is 0 Å². The van der Waals surface area contributed by atoms with Crippen molar-refractivity contribution in [2.75, 3.05) is 13.2 Å². The van der Waals surface area contributed by atoms with E-state index in [0.29, 0.717) is 12.4 Å². The van der Waals surface area contributed by atoms with Crippen LogP contribution >= 0.6 is 0 Å². The second kappa shape index (κ2) is 4.68. The molecule has 1 heterocycles. The van der Waals surface area contributed by atoms with Gasteiger partial charge in [0.1, 0.15) is 5.82 Å². The van der Waals surface area contributed by atoms with Gasteiger partial charge in [0.05, 0.1) is 6.61 Å². The SMILES string of the molecule is CC(C)(C)c1nc(C(=O)N(CCO)C2CC2)n[nH]1. The van der Waals surface area contributed by atoms with Gasteiger partial charge in [-0.3, -0.25) is 9.89 Å². The van der Waals surface area contributed by atoms with Crippen molar-refractivity contribution in [1.29, 1.82) is 0 Å². The summed E-state index contributed by atoms with van der Waals surface area (Å²) in [6, 6.07) is 0.251. The number of nitrogens with one attached hydrogen (secondary N) is 1. The van der Waals surface area contributed by atoms with Crippen LogP contribution in [-0.4, -0.2) is 50.3 Å². The molecule has 1 saturated carbocycles. The highest BCUT2D eigenvalue weighted by Gasteiger charge is 2.34. The molecule has 18 heavy (non-hydrogen) atoms. The lowest BCUT2D eigenvalue weighted by molar-refractivity contribution is 0.0695. The number of amides is 1. The molecule has 1 aromatic rings. The Balaban J connectivity index is 2.14. The molecule has 1 aromatic heterocycles. The van der Waals surface area contributed by atoms with E-state index >= 15 is 0 Å². The number of aliphatic hydroxyl groups is 1. The van der Waals surface area contributed by atoms with Gasteiger partial charge in [-0.2, -0.15) is 0 Å². The lowest BCUT2D eigenvalue weighted by Crippen LogP contribution is -2.36. The minimum Gasteiger partial charge on any atom is -0.395 e. The van der Waals surface area contributed by atoms with E-state index < -0.39 is 0 Å². The number of hydrogen-bond acceptors (Lipinski definition) is 4. The number of rotatable bonds is 4. The Morgan fingerprint density at radius 2 is 2.17 bits per heavy atom. The van der Waals surface area contributed by atoms with Gasteiger partial charge in [0.25, 0.3) is 5.91 Å². The molecule has 2 N–H and O–H groups in total. The molecule has 0 aliphatic heterocycles. The Bertz CT molecular complexity index is 432. The molecule has 0 aromatic carbocycles. The molecule has 1 fully saturated rings. The molecule has 6 heteroatoms. The minimum absolute atomic E-state index is 0.0290. The highest BCUT2D eigenvalue weighted by atomic mass is 16.3. The quantitative estimate of drug-likeness (QED) is 0.826. The molecular formula is C12H20N4O2. The van der Waals surface area contributed by atoms with Crippen LogP contribution in [0.5, 0.6) is 0 Å². The van der Waals surface area contributed by atoms with Crippen molar-refractivity contribution in [2.45, 2.75) is 45.1 Å². The van der Waals surface area contributed by atoms with E-state index in [1.54, 1.807) is 4.90 Å². The van der Waals surface area contributed by atoms with E-state index in [1.807, 2.05) is 20.8 Å². The van der Waals surface area contributed by atoms with Crippen LogP contribution < -0.4 is 0 Å².